The van der Waals surface area contributed by atoms with Crippen molar-refractivity contribution in [1.29, 1.82) is 0 Å². The Balaban J connectivity index is 2.36. The van der Waals surface area contributed by atoms with Crippen LogP contribution in [0, 0.1) is 4.91 Å². The van der Waals surface area contributed by atoms with Crippen LogP contribution in [-0.2, 0) is 16.1 Å². The van der Waals surface area contributed by atoms with E-state index in [9.17, 15) is 19.6 Å². The maximum atomic E-state index is 12.2. The summed E-state index contributed by atoms with van der Waals surface area (Å²) >= 11 is 0. The second-order valence-corrected chi connectivity index (χ2v) is 5.82. The molecule has 1 atom stereocenters. The van der Waals surface area contributed by atoms with E-state index in [0.29, 0.717) is 11.1 Å². The molecule has 2 rings (SSSR count). The monoisotopic (exact) mass is 292 g/mol. The van der Waals surface area contributed by atoms with Gasteiger partial charge in [-0.1, -0.05) is 6.07 Å². The van der Waals surface area contributed by atoms with Crippen LogP contribution >= 0.6 is 0 Å². The summed E-state index contributed by atoms with van der Waals surface area (Å²) in [6, 6.07) is 3.32. The number of fused-ring (bicyclic) bond motifs is 1. The summed E-state index contributed by atoms with van der Waals surface area (Å²) in [4.78, 5) is 35.4. The molecule has 1 heterocycles. The number of carbonyl (C=O) groups excluding carboxylic acids is 1. The molecule has 0 unspecified atom stereocenters. The third-order valence-corrected chi connectivity index (χ3v) is 3.04. The van der Waals surface area contributed by atoms with Crippen molar-refractivity contribution in [3.8, 4) is 0 Å². The number of hydrogen-bond donors (Lipinski definition) is 1. The molecule has 1 aromatic rings. The Hall–Kier alpha value is -2.44. The Morgan fingerprint density at radius 1 is 1.38 bits per heavy atom. The lowest BCUT2D eigenvalue weighted by Gasteiger charge is -2.27. The first kappa shape index (κ1) is 15.0. The predicted molar refractivity (Wildman–Crippen MR) is 74.1 cm³/mol. The summed E-state index contributed by atoms with van der Waals surface area (Å²) < 4.78 is 5.23. The number of hydrogen-bond acceptors (Lipinski definition) is 5. The quantitative estimate of drug-likeness (QED) is 0.845. The van der Waals surface area contributed by atoms with Gasteiger partial charge in [-0.05, 0) is 49.2 Å². The van der Waals surface area contributed by atoms with E-state index in [1.807, 2.05) is 0 Å². The minimum absolute atomic E-state index is 0.125. The van der Waals surface area contributed by atoms with E-state index in [2.05, 4.69) is 5.18 Å². The van der Waals surface area contributed by atoms with Crippen molar-refractivity contribution in [2.24, 2.45) is 5.18 Å². The Kier molecular flexibility index (Phi) is 3.67. The zero-order chi connectivity index (χ0) is 15.8. The zero-order valence-corrected chi connectivity index (χ0v) is 12.0. The third-order valence-electron chi connectivity index (χ3n) is 3.04. The van der Waals surface area contributed by atoms with E-state index in [-0.39, 0.29) is 12.2 Å². The number of ether oxygens (including phenoxy) is 1. The molecule has 0 aromatic heterocycles. The molecule has 21 heavy (non-hydrogen) atoms. The lowest BCUT2D eigenvalue weighted by molar-refractivity contribution is -0.143. The highest BCUT2D eigenvalue weighted by atomic mass is 16.6. The van der Waals surface area contributed by atoms with E-state index in [4.69, 9.17) is 4.74 Å². The van der Waals surface area contributed by atoms with E-state index in [1.54, 1.807) is 26.8 Å². The average Bonchev–Trinajstić information content (AvgIpc) is 2.74. The summed E-state index contributed by atoms with van der Waals surface area (Å²) in [6.07, 6.45) is -0.702. The standard InChI is InChI=1S/C14H16N2O5/c1-14(2,3)21-13(19)16-7-8-4-5-9(15-20)6-10(8)11(16)12(17)18/h4-6,11H,7H2,1-3H3,(H,17,18)/t11-/m0/s1. The number of benzene rings is 1. The van der Waals surface area contributed by atoms with Crippen molar-refractivity contribution < 1.29 is 19.4 Å². The summed E-state index contributed by atoms with van der Waals surface area (Å²) in [5.74, 6) is -1.18. The fraction of sp³-hybridized carbons (Fsp3) is 0.429. The molecule has 1 aliphatic heterocycles. The SMILES string of the molecule is CC(C)(C)OC(=O)N1Cc2ccc(N=O)cc2[C@H]1C(=O)O. The Morgan fingerprint density at radius 2 is 2.05 bits per heavy atom. The Bertz CT molecular complexity index is 606. The van der Waals surface area contributed by atoms with Gasteiger partial charge >= 0.3 is 12.1 Å². The van der Waals surface area contributed by atoms with Gasteiger partial charge in [0.15, 0.2) is 6.04 Å². The van der Waals surface area contributed by atoms with Crippen LogP contribution in [0.1, 0.15) is 37.9 Å². The highest BCUT2D eigenvalue weighted by Gasteiger charge is 2.40. The highest BCUT2D eigenvalue weighted by molar-refractivity contribution is 5.84. The number of carboxylic acid groups (broad SMARTS) is 1. The van der Waals surface area contributed by atoms with Crippen molar-refractivity contribution in [2.45, 2.75) is 39.0 Å². The van der Waals surface area contributed by atoms with Gasteiger partial charge < -0.3 is 9.84 Å². The van der Waals surface area contributed by atoms with Crippen LogP contribution in [0.25, 0.3) is 0 Å². The van der Waals surface area contributed by atoms with Crippen molar-refractivity contribution in [2.75, 3.05) is 0 Å². The first-order valence-electron chi connectivity index (χ1n) is 6.41. The summed E-state index contributed by atoms with van der Waals surface area (Å²) in [5, 5.41) is 12.2. The van der Waals surface area contributed by atoms with E-state index in [1.165, 1.54) is 12.1 Å². The molecule has 7 nitrogen and oxygen atoms in total. The number of nitrogens with zero attached hydrogens (tertiary/aromatic N) is 2. The molecule has 1 aromatic carbocycles. The van der Waals surface area contributed by atoms with Crippen molar-refractivity contribution >= 4 is 17.7 Å². The van der Waals surface area contributed by atoms with Crippen LogP contribution in [-0.4, -0.2) is 27.7 Å². The molecule has 0 bridgehead atoms. The molecule has 1 amide bonds. The molecular weight excluding hydrogens is 276 g/mol. The first-order valence-corrected chi connectivity index (χ1v) is 6.41. The molecule has 0 spiro atoms. The van der Waals surface area contributed by atoms with E-state index < -0.39 is 23.7 Å². The van der Waals surface area contributed by atoms with Gasteiger partial charge in [-0.2, -0.15) is 0 Å². The van der Waals surface area contributed by atoms with Crippen LogP contribution < -0.4 is 0 Å². The molecule has 0 radical (unpaired) electrons. The lowest BCUT2D eigenvalue weighted by atomic mass is 10.0. The van der Waals surface area contributed by atoms with Crippen LogP contribution in [0.3, 0.4) is 0 Å². The van der Waals surface area contributed by atoms with Gasteiger partial charge in [0.05, 0.1) is 6.54 Å². The molecule has 0 aliphatic carbocycles. The molecule has 7 heteroatoms. The first-order chi connectivity index (χ1) is 9.73. The maximum Gasteiger partial charge on any atom is 0.411 e. The van der Waals surface area contributed by atoms with Gasteiger partial charge in [-0.25, -0.2) is 9.59 Å². The largest absolute Gasteiger partial charge is 0.479 e. The van der Waals surface area contributed by atoms with Gasteiger partial charge in [0.2, 0.25) is 0 Å². The minimum atomic E-state index is -1.18. The van der Waals surface area contributed by atoms with Crippen LogP contribution in [0.15, 0.2) is 23.4 Å². The predicted octanol–water partition coefficient (Wildman–Crippen LogP) is 2.96. The van der Waals surface area contributed by atoms with Crippen molar-refractivity contribution in [3.05, 3.63) is 34.2 Å². The number of carboxylic acids is 1. The average molecular weight is 292 g/mol. The highest BCUT2D eigenvalue weighted by Crippen LogP contribution is 2.37. The fourth-order valence-electron chi connectivity index (χ4n) is 2.24. The van der Waals surface area contributed by atoms with Crippen LogP contribution in [0.2, 0.25) is 0 Å². The van der Waals surface area contributed by atoms with Crippen molar-refractivity contribution in [3.63, 3.8) is 0 Å². The lowest BCUT2D eigenvalue weighted by Crippen LogP contribution is -2.38. The van der Waals surface area contributed by atoms with Crippen LogP contribution in [0.5, 0.6) is 0 Å². The topological polar surface area (TPSA) is 96.3 Å². The summed E-state index contributed by atoms with van der Waals surface area (Å²) in [5.41, 5.74) is 0.474. The Morgan fingerprint density at radius 3 is 2.57 bits per heavy atom. The Labute approximate surface area is 121 Å². The third kappa shape index (κ3) is 3.01. The number of aliphatic carboxylic acids is 1. The number of carbonyl (C=O) groups is 2. The van der Waals surface area contributed by atoms with Crippen LogP contribution in [0.4, 0.5) is 10.5 Å². The second kappa shape index (κ2) is 5.16. The van der Waals surface area contributed by atoms with Gasteiger partial charge in [0, 0.05) is 0 Å². The molecule has 1 N–H and O–H groups in total. The maximum absolute atomic E-state index is 12.2. The molecule has 112 valence electrons. The minimum Gasteiger partial charge on any atom is -0.479 e. The number of nitroso groups, excluding NO2 is 1. The second-order valence-electron chi connectivity index (χ2n) is 5.82. The molecule has 1 aliphatic rings. The van der Waals surface area contributed by atoms with E-state index in [0.717, 1.165) is 4.90 Å². The molecule has 0 fully saturated rings. The summed E-state index contributed by atoms with van der Waals surface area (Å²) in [6.45, 7) is 5.25. The van der Waals surface area contributed by atoms with E-state index >= 15 is 0 Å². The molecule has 0 saturated heterocycles. The zero-order valence-electron chi connectivity index (χ0n) is 12.0. The number of rotatable bonds is 2. The number of amides is 1. The van der Waals surface area contributed by atoms with Crippen molar-refractivity contribution in [1.82, 2.24) is 4.90 Å². The van der Waals surface area contributed by atoms with Gasteiger partial charge in [0.25, 0.3) is 0 Å². The van der Waals surface area contributed by atoms with Gasteiger partial charge in [-0.3, -0.25) is 4.90 Å². The molecule has 0 saturated carbocycles. The fourth-order valence-corrected chi connectivity index (χ4v) is 2.24. The normalized spacial score (nSPS) is 17.3. The van der Waals surface area contributed by atoms with Gasteiger partial charge in [0.1, 0.15) is 11.3 Å². The molecular formula is C14H16N2O5. The summed E-state index contributed by atoms with van der Waals surface area (Å²) in [7, 11) is 0. The van der Waals surface area contributed by atoms with Gasteiger partial charge in [-0.15, -0.1) is 4.91 Å². The smallest absolute Gasteiger partial charge is 0.411 e.